The molecule has 0 N–H and O–H groups in total. The Balaban J connectivity index is 1.79. The lowest BCUT2D eigenvalue weighted by Crippen LogP contribution is -2.31. The number of unbranched alkanes of at least 4 members (excludes halogenated alkanes) is 10. The average Bonchev–Trinajstić information content (AvgIpc) is 3.05. The number of hydrogen-bond acceptors (Lipinski definition) is 1. The van der Waals surface area contributed by atoms with E-state index in [1.54, 1.807) is 0 Å². The Kier molecular flexibility index (Phi) is 8.97. The van der Waals surface area contributed by atoms with Crippen LogP contribution in [0.3, 0.4) is 0 Å². The Morgan fingerprint density at radius 3 is 1.97 bits per heavy atom. The highest BCUT2D eigenvalue weighted by atomic mass is 16.1. The van der Waals surface area contributed by atoms with E-state index in [4.69, 9.17) is 0 Å². The van der Waals surface area contributed by atoms with Crippen molar-refractivity contribution in [1.29, 1.82) is 0 Å². The Morgan fingerprint density at radius 2 is 1.33 bits per heavy atom. The summed E-state index contributed by atoms with van der Waals surface area (Å²) in [5.41, 5.74) is 5.13. The molecule has 0 saturated carbocycles. The molecule has 1 aromatic carbocycles. The van der Waals surface area contributed by atoms with Crippen molar-refractivity contribution in [2.75, 3.05) is 0 Å². The first kappa shape index (κ1) is 23.0. The van der Waals surface area contributed by atoms with Crippen LogP contribution in [0.2, 0.25) is 0 Å². The van der Waals surface area contributed by atoms with Crippen molar-refractivity contribution in [2.24, 2.45) is 0 Å². The van der Waals surface area contributed by atoms with Crippen molar-refractivity contribution in [2.45, 2.75) is 116 Å². The maximum atomic E-state index is 13.2. The van der Waals surface area contributed by atoms with Gasteiger partial charge in [-0.25, -0.2) is 0 Å². The number of rotatable bonds is 14. The van der Waals surface area contributed by atoms with E-state index in [1.165, 1.54) is 93.7 Å². The van der Waals surface area contributed by atoms with Crippen LogP contribution in [0.1, 0.15) is 121 Å². The molecule has 3 rings (SSSR count). The SMILES string of the molecule is CCCCCCCCC1(CCCCCCCC)C2=C(C=CCC2=O)c2ccccc21. The Hall–Kier alpha value is -1.63. The van der Waals surface area contributed by atoms with E-state index in [2.05, 4.69) is 50.3 Å². The molecule has 1 aromatic rings. The molecule has 0 atom stereocenters. The predicted molar refractivity (Wildman–Crippen MR) is 130 cm³/mol. The first-order chi connectivity index (χ1) is 14.7. The van der Waals surface area contributed by atoms with Gasteiger partial charge in [-0.3, -0.25) is 4.79 Å². The van der Waals surface area contributed by atoms with Gasteiger partial charge in [0.15, 0.2) is 5.78 Å². The maximum absolute atomic E-state index is 13.2. The quantitative estimate of drug-likeness (QED) is 0.282. The fourth-order valence-corrected chi connectivity index (χ4v) is 5.70. The molecule has 0 amide bonds. The summed E-state index contributed by atoms with van der Waals surface area (Å²) in [6, 6.07) is 8.89. The highest BCUT2D eigenvalue weighted by Gasteiger charge is 2.46. The van der Waals surface area contributed by atoms with Gasteiger partial charge >= 0.3 is 0 Å². The lowest BCUT2D eigenvalue weighted by Gasteiger charge is -2.34. The van der Waals surface area contributed by atoms with E-state index in [1.807, 2.05) is 0 Å². The van der Waals surface area contributed by atoms with E-state index in [9.17, 15) is 4.79 Å². The van der Waals surface area contributed by atoms with Crippen molar-refractivity contribution in [3.63, 3.8) is 0 Å². The number of hydrogen-bond donors (Lipinski definition) is 0. The van der Waals surface area contributed by atoms with Crippen LogP contribution in [0.25, 0.3) is 5.57 Å². The van der Waals surface area contributed by atoms with Crippen molar-refractivity contribution >= 4 is 11.4 Å². The van der Waals surface area contributed by atoms with Crippen LogP contribution in [0.4, 0.5) is 0 Å². The smallest absolute Gasteiger partial charge is 0.164 e. The van der Waals surface area contributed by atoms with E-state index in [0.717, 1.165) is 18.4 Å². The summed E-state index contributed by atoms with van der Waals surface area (Å²) >= 11 is 0. The minimum absolute atomic E-state index is 0.0384. The third kappa shape index (κ3) is 5.16. The zero-order valence-electron chi connectivity index (χ0n) is 19.5. The topological polar surface area (TPSA) is 17.1 Å². The molecule has 0 aromatic heterocycles. The van der Waals surface area contributed by atoms with Crippen molar-refractivity contribution in [3.05, 3.63) is 53.1 Å². The molecule has 0 unspecified atom stereocenters. The first-order valence-electron chi connectivity index (χ1n) is 12.8. The zero-order chi connectivity index (χ0) is 21.2. The van der Waals surface area contributed by atoms with Crippen LogP contribution in [-0.2, 0) is 10.2 Å². The molecule has 164 valence electrons. The van der Waals surface area contributed by atoms with Crippen molar-refractivity contribution < 1.29 is 4.79 Å². The molecule has 1 nitrogen and oxygen atoms in total. The minimum atomic E-state index is -0.0384. The van der Waals surface area contributed by atoms with E-state index >= 15 is 0 Å². The lowest BCUT2D eigenvalue weighted by molar-refractivity contribution is -0.115. The van der Waals surface area contributed by atoms with Gasteiger partial charge in [0.05, 0.1) is 0 Å². The molecule has 0 bridgehead atoms. The van der Waals surface area contributed by atoms with E-state index in [-0.39, 0.29) is 5.41 Å². The fourth-order valence-electron chi connectivity index (χ4n) is 5.70. The Bertz CT molecular complexity index is 735. The number of Topliss-reactive ketones (excluding diaryl/α,β-unsaturated/α-hetero) is 1. The molecule has 0 saturated heterocycles. The number of ketones is 1. The summed E-state index contributed by atoms with van der Waals surface area (Å²) in [6.45, 7) is 4.56. The second-order valence-electron chi connectivity index (χ2n) is 9.48. The van der Waals surface area contributed by atoms with E-state index < -0.39 is 0 Å². The van der Waals surface area contributed by atoms with Gasteiger partial charge in [0.25, 0.3) is 0 Å². The Morgan fingerprint density at radius 1 is 0.767 bits per heavy atom. The van der Waals surface area contributed by atoms with E-state index in [0.29, 0.717) is 12.2 Å². The number of carbonyl (C=O) groups is 1. The molecule has 1 heteroatoms. The second-order valence-corrected chi connectivity index (χ2v) is 9.48. The van der Waals surface area contributed by atoms with Crippen LogP contribution < -0.4 is 0 Å². The van der Waals surface area contributed by atoms with Crippen molar-refractivity contribution in [1.82, 2.24) is 0 Å². The fraction of sp³-hybridized carbons (Fsp3) is 0.621. The monoisotopic (exact) mass is 406 g/mol. The normalized spacial score (nSPS) is 16.8. The number of fused-ring (bicyclic) bond motifs is 2. The molecular formula is C29H42O. The summed E-state index contributed by atoms with van der Waals surface area (Å²) in [5.74, 6) is 0.376. The molecule has 0 spiro atoms. The molecule has 30 heavy (non-hydrogen) atoms. The summed E-state index contributed by atoms with van der Waals surface area (Å²) in [5, 5.41) is 0. The van der Waals surface area contributed by atoms with Crippen LogP contribution in [0, 0.1) is 0 Å². The van der Waals surface area contributed by atoms with Gasteiger partial charge in [-0.05, 0) is 29.5 Å². The second kappa shape index (κ2) is 11.7. The van der Waals surface area contributed by atoms with Crippen molar-refractivity contribution in [3.8, 4) is 0 Å². The average molecular weight is 407 g/mol. The first-order valence-corrected chi connectivity index (χ1v) is 12.8. The highest BCUT2D eigenvalue weighted by molar-refractivity contribution is 6.12. The predicted octanol–water partition coefficient (Wildman–Crippen LogP) is 8.72. The lowest BCUT2D eigenvalue weighted by atomic mass is 9.68. The number of benzene rings is 1. The van der Waals surface area contributed by atoms with Gasteiger partial charge in [0, 0.05) is 17.4 Å². The largest absolute Gasteiger partial charge is 0.294 e. The van der Waals surface area contributed by atoms with Gasteiger partial charge in [-0.1, -0.05) is 127 Å². The molecule has 2 aliphatic rings. The molecule has 0 heterocycles. The molecule has 0 aliphatic heterocycles. The summed E-state index contributed by atoms with van der Waals surface area (Å²) < 4.78 is 0. The van der Waals surface area contributed by atoms with Gasteiger partial charge in [-0.15, -0.1) is 0 Å². The summed E-state index contributed by atoms with van der Waals surface area (Å²) in [4.78, 5) is 13.2. The Labute approximate surface area is 185 Å². The summed E-state index contributed by atoms with van der Waals surface area (Å²) in [7, 11) is 0. The standard InChI is InChI=1S/C29H42O/c1-3-5-7-9-11-15-22-29(23-16-12-10-8-6-4-2)26-20-14-13-18-24(26)25-19-17-21-27(30)28(25)29/h13-14,17-20H,3-12,15-16,21-23H2,1-2H3. The minimum Gasteiger partial charge on any atom is -0.294 e. The van der Waals surface area contributed by atoms with Gasteiger partial charge in [0.1, 0.15) is 0 Å². The highest BCUT2D eigenvalue weighted by Crippen LogP contribution is 2.54. The molecule has 0 fully saturated rings. The third-order valence-electron chi connectivity index (χ3n) is 7.26. The molecule has 2 aliphatic carbocycles. The third-order valence-corrected chi connectivity index (χ3v) is 7.26. The van der Waals surface area contributed by atoms with Gasteiger partial charge < -0.3 is 0 Å². The van der Waals surface area contributed by atoms with Gasteiger partial charge in [0.2, 0.25) is 0 Å². The maximum Gasteiger partial charge on any atom is 0.164 e. The summed E-state index contributed by atoms with van der Waals surface area (Å²) in [6.07, 6.45) is 22.9. The number of carbonyl (C=O) groups excluding carboxylic acids is 1. The molecular weight excluding hydrogens is 364 g/mol. The van der Waals surface area contributed by atoms with Crippen LogP contribution in [0.5, 0.6) is 0 Å². The van der Waals surface area contributed by atoms with Crippen LogP contribution in [-0.4, -0.2) is 5.78 Å². The van der Waals surface area contributed by atoms with Gasteiger partial charge in [-0.2, -0.15) is 0 Å². The van der Waals surface area contributed by atoms with Crippen LogP contribution in [0.15, 0.2) is 42.0 Å². The molecule has 0 radical (unpaired) electrons. The van der Waals surface area contributed by atoms with Crippen LogP contribution >= 0.6 is 0 Å². The zero-order valence-corrected chi connectivity index (χ0v) is 19.5. The number of allylic oxidation sites excluding steroid dienone is 4.